The van der Waals surface area contributed by atoms with Crippen LogP contribution in [0, 0.1) is 0 Å². The van der Waals surface area contributed by atoms with Gasteiger partial charge in [-0.2, -0.15) is 11.8 Å². The maximum atomic E-state index is 3.74. The van der Waals surface area contributed by atoms with Crippen molar-refractivity contribution in [1.82, 2.24) is 5.32 Å². The van der Waals surface area contributed by atoms with Gasteiger partial charge < -0.3 is 5.32 Å². The lowest BCUT2D eigenvalue weighted by Crippen LogP contribution is -2.30. The minimum Gasteiger partial charge on any atom is -0.309 e. The highest BCUT2D eigenvalue weighted by atomic mass is 32.2. The van der Waals surface area contributed by atoms with Gasteiger partial charge in [-0.1, -0.05) is 57.0 Å². The minimum absolute atomic E-state index is 0.492. The van der Waals surface area contributed by atoms with Crippen molar-refractivity contribution in [2.45, 2.75) is 62.5 Å². The van der Waals surface area contributed by atoms with Gasteiger partial charge in [-0.05, 0) is 31.4 Å². The van der Waals surface area contributed by atoms with Crippen molar-refractivity contribution in [3.63, 3.8) is 0 Å². The van der Waals surface area contributed by atoms with Crippen molar-refractivity contribution in [3.05, 3.63) is 35.9 Å². The molecule has 1 aromatic carbocycles. The van der Waals surface area contributed by atoms with Crippen LogP contribution in [-0.4, -0.2) is 17.0 Å². The molecule has 1 N–H and O–H groups in total. The van der Waals surface area contributed by atoms with Crippen LogP contribution in [0.4, 0.5) is 0 Å². The van der Waals surface area contributed by atoms with Crippen molar-refractivity contribution in [2.75, 3.05) is 6.54 Å². The molecule has 2 heteroatoms. The minimum atomic E-state index is 0.492. The number of benzene rings is 1. The Morgan fingerprint density at radius 2 is 1.89 bits per heavy atom. The van der Waals surface area contributed by atoms with Gasteiger partial charge in [-0.15, -0.1) is 0 Å². The molecular formula is C17H27NS. The fourth-order valence-electron chi connectivity index (χ4n) is 2.92. The van der Waals surface area contributed by atoms with Gasteiger partial charge in [-0.25, -0.2) is 0 Å². The van der Waals surface area contributed by atoms with Gasteiger partial charge in [0.1, 0.15) is 0 Å². The van der Waals surface area contributed by atoms with E-state index in [9.17, 15) is 0 Å². The smallest absolute Gasteiger partial charge is 0.0438 e. The summed E-state index contributed by atoms with van der Waals surface area (Å²) in [7, 11) is 0. The van der Waals surface area contributed by atoms with Crippen LogP contribution in [0.25, 0.3) is 0 Å². The summed E-state index contributed by atoms with van der Waals surface area (Å²) in [6.45, 7) is 5.74. The molecule has 0 bridgehead atoms. The highest BCUT2D eigenvalue weighted by Gasteiger charge is 2.24. The topological polar surface area (TPSA) is 12.0 Å². The van der Waals surface area contributed by atoms with E-state index in [1.54, 1.807) is 0 Å². The zero-order chi connectivity index (χ0) is 13.5. The first-order chi connectivity index (χ1) is 9.31. The molecule has 1 aromatic rings. The van der Waals surface area contributed by atoms with Crippen LogP contribution < -0.4 is 5.32 Å². The summed E-state index contributed by atoms with van der Waals surface area (Å²) in [6, 6.07) is 11.4. The number of hydrogen-bond acceptors (Lipinski definition) is 2. The predicted molar refractivity (Wildman–Crippen MR) is 86.8 cm³/mol. The van der Waals surface area contributed by atoms with Gasteiger partial charge in [0.15, 0.2) is 0 Å². The molecule has 1 aliphatic carbocycles. The molecule has 0 heterocycles. The maximum absolute atomic E-state index is 3.74. The van der Waals surface area contributed by atoms with E-state index < -0.39 is 0 Å². The van der Waals surface area contributed by atoms with E-state index in [1.165, 1.54) is 37.7 Å². The number of rotatable bonds is 7. The molecule has 1 aliphatic rings. The molecule has 2 rings (SSSR count). The number of nitrogens with one attached hydrogen (secondary N) is 1. The largest absolute Gasteiger partial charge is 0.309 e. The van der Waals surface area contributed by atoms with E-state index >= 15 is 0 Å². The SMILES string of the molecule is CCCNC(c1ccccc1)C(C)SC1CCCC1. The monoisotopic (exact) mass is 277 g/mol. The van der Waals surface area contributed by atoms with E-state index in [4.69, 9.17) is 0 Å². The zero-order valence-corrected chi connectivity index (χ0v) is 13.1. The third kappa shape index (κ3) is 4.54. The molecule has 2 unspecified atom stereocenters. The Kier molecular flexibility index (Phi) is 6.25. The average Bonchev–Trinajstić information content (AvgIpc) is 2.93. The second kappa shape index (κ2) is 7.96. The maximum Gasteiger partial charge on any atom is 0.0438 e. The van der Waals surface area contributed by atoms with E-state index in [1.807, 2.05) is 0 Å². The van der Waals surface area contributed by atoms with Crippen molar-refractivity contribution >= 4 is 11.8 Å². The standard InChI is InChI=1S/C17H27NS/c1-3-13-18-17(15-9-5-4-6-10-15)14(2)19-16-11-7-8-12-16/h4-6,9-10,14,16-18H,3,7-8,11-13H2,1-2H3. The molecule has 0 spiro atoms. The van der Waals surface area contributed by atoms with Crippen molar-refractivity contribution < 1.29 is 0 Å². The molecule has 106 valence electrons. The molecule has 1 saturated carbocycles. The molecule has 0 aromatic heterocycles. The Bertz CT molecular complexity index is 346. The first-order valence-electron chi connectivity index (χ1n) is 7.75. The van der Waals surface area contributed by atoms with Crippen LogP contribution in [0.2, 0.25) is 0 Å². The number of hydrogen-bond donors (Lipinski definition) is 1. The normalized spacial score (nSPS) is 19.5. The summed E-state index contributed by atoms with van der Waals surface area (Å²) in [4.78, 5) is 0. The van der Waals surface area contributed by atoms with E-state index in [2.05, 4.69) is 61.3 Å². The Hall–Kier alpha value is -0.470. The predicted octanol–water partition coefficient (Wildman–Crippen LogP) is 4.79. The molecule has 0 amide bonds. The van der Waals surface area contributed by atoms with Gasteiger partial charge in [0.2, 0.25) is 0 Å². The summed E-state index contributed by atoms with van der Waals surface area (Å²) in [5.41, 5.74) is 1.44. The molecule has 2 atom stereocenters. The highest BCUT2D eigenvalue weighted by Crippen LogP contribution is 2.36. The summed E-state index contributed by atoms with van der Waals surface area (Å²) in [6.07, 6.45) is 6.91. The van der Waals surface area contributed by atoms with Gasteiger partial charge >= 0.3 is 0 Å². The highest BCUT2D eigenvalue weighted by molar-refractivity contribution is 8.00. The summed E-state index contributed by atoms with van der Waals surface area (Å²) in [5.74, 6) is 0. The zero-order valence-electron chi connectivity index (χ0n) is 12.3. The summed E-state index contributed by atoms with van der Waals surface area (Å²) < 4.78 is 0. The average molecular weight is 277 g/mol. The second-order valence-electron chi connectivity index (χ2n) is 5.59. The third-order valence-electron chi connectivity index (χ3n) is 3.95. The molecular weight excluding hydrogens is 250 g/mol. The Morgan fingerprint density at radius 1 is 1.21 bits per heavy atom. The summed E-state index contributed by atoms with van der Waals surface area (Å²) >= 11 is 2.20. The van der Waals surface area contributed by atoms with Crippen molar-refractivity contribution in [3.8, 4) is 0 Å². The Morgan fingerprint density at radius 3 is 2.53 bits per heavy atom. The molecule has 0 radical (unpaired) electrons. The fraction of sp³-hybridized carbons (Fsp3) is 0.647. The first-order valence-corrected chi connectivity index (χ1v) is 8.69. The molecule has 1 nitrogen and oxygen atoms in total. The van der Waals surface area contributed by atoms with E-state index in [0.29, 0.717) is 11.3 Å². The lowest BCUT2D eigenvalue weighted by Gasteiger charge is -2.27. The van der Waals surface area contributed by atoms with Crippen LogP contribution in [0.3, 0.4) is 0 Å². The van der Waals surface area contributed by atoms with Gasteiger partial charge in [0.25, 0.3) is 0 Å². The lowest BCUT2D eigenvalue weighted by molar-refractivity contribution is 0.526. The lowest BCUT2D eigenvalue weighted by atomic mass is 10.0. The Balaban J connectivity index is 1.99. The fourth-order valence-corrected chi connectivity index (χ4v) is 4.54. The van der Waals surface area contributed by atoms with Crippen molar-refractivity contribution in [1.29, 1.82) is 0 Å². The van der Waals surface area contributed by atoms with Gasteiger partial charge in [0.05, 0.1) is 0 Å². The van der Waals surface area contributed by atoms with Crippen LogP contribution >= 0.6 is 11.8 Å². The second-order valence-corrected chi connectivity index (χ2v) is 7.27. The third-order valence-corrected chi connectivity index (χ3v) is 5.51. The van der Waals surface area contributed by atoms with Crippen LogP contribution in [0.5, 0.6) is 0 Å². The molecule has 1 fully saturated rings. The van der Waals surface area contributed by atoms with E-state index in [-0.39, 0.29) is 0 Å². The molecule has 0 saturated heterocycles. The van der Waals surface area contributed by atoms with E-state index in [0.717, 1.165) is 11.8 Å². The van der Waals surface area contributed by atoms with Crippen LogP contribution in [0.15, 0.2) is 30.3 Å². The molecule has 19 heavy (non-hydrogen) atoms. The van der Waals surface area contributed by atoms with Crippen molar-refractivity contribution in [2.24, 2.45) is 0 Å². The van der Waals surface area contributed by atoms with Crippen LogP contribution in [-0.2, 0) is 0 Å². The van der Waals surface area contributed by atoms with Gasteiger partial charge in [-0.3, -0.25) is 0 Å². The molecule has 0 aliphatic heterocycles. The first kappa shape index (κ1) is 14.9. The Labute approximate surface area is 122 Å². The van der Waals surface area contributed by atoms with Crippen LogP contribution in [0.1, 0.15) is 57.6 Å². The van der Waals surface area contributed by atoms with Gasteiger partial charge in [0, 0.05) is 16.5 Å². The quantitative estimate of drug-likeness (QED) is 0.769. The summed E-state index contributed by atoms with van der Waals surface area (Å²) in [5, 5.41) is 5.28. The number of thioether (sulfide) groups is 1.